The first-order valence-corrected chi connectivity index (χ1v) is 9.84. The van der Waals surface area contributed by atoms with Gasteiger partial charge in [-0.25, -0.2) is 0 Å². The molecule has 0 atom stereocenters. The lowest BCUT2D eigenvalue weighted by atomic mass is 10.1. The quantitative estimate of drug-likeness (QED) is 0.488. The molecule has 2 aromatic carbocycles. The van der Waals surface area contributed by atoms with Crippen LogP contribution in [0.25, 0.3) is 6.08 Å². The van der Waals surface area contributed by atoms with E-state index in [1.54, 1.807) is 42.5 Å². The summed E-state index contributed by atoms with van der Waals surface area (Å²) in [5.41, 5.74) is 1.17. The van der Waals surface area contributed by atoms with Crippen LogP contribution >= 0.6 is 23.4 Å². The number of thioether (sulfide) groups is 1. The molecule has 5 nitrogen and oxygen atoms in total. The van der Waals surface area contributed by atoms with Crippen molar-refractivity contribution >= 4 is 46.4 Å². The van der Waals surface area contributed by atoms with E-state index < -0.39 is 11.1 Å². The Kier molecular flexibility index (Phi) is 6.21. The van der Waals surface area contributed by atoms with Crippen LogP contribution in [-0.4, -0.2) is 34.5 Å². The van der Waals surface area contributed by atoms with Crippen molar-refractivity contribution in [1.82, 2.24) is 4.90 Å². The van der Waals surface area contributed by atoms with Gasteiger partial charge in [0.1, 0.15) is 5.75 Å². The predicted molar refractivity (Wildman–Crippen MR) is 111 cm³/mol. The number of hydrogen-bond donors (Lipinski definition) is 0. The van der Waals surface area contributed by atoms with Crippen LogP contribution in [0.3, 0.4) is 0 Å². The standard InChI is InChI=1S/C21H18ClNO4S/c1-13(2)27-17-9-3-14(4-10-17)11-19-20(25)23(21(26)28-19)12-18(24)15-5-7-16(22)8-6-15/h3-11,13H,12H2,1-2H3/b19-11-. The third-order valence-electron chi connectivity index (χ3n) is 3.89. The van der Waals surface area contributed by atoms with Crippen LogP contribution < -0.4 is 4.74 Å². The predicted octanol–water partition coefficient (Wildman–Crippen LogP) is 5.05. The molecule has 1 saturated heterocycles. The van der Waals surface area contributed by atoms with E-state index in [0.29, 0.717) is 10.6 Å². The van der Waals surface area contributed by atoms with Crippen LogP contribution in [0.15, 0.2) is 53.4 Å². The van der Waals surface area contributed by atoms with Crippen molar-refractivity contribution in [2.24, 2.45) is 0 Å². The van der Waals surface area contributed by atoms with E-state index in [0.717, 1.165) is 28.0 Å². The van der Waals surface area contributed by atoms with Gasteiger partial charge in [-0.3, -0.25) is 19.3 Å². The largest absolute Gasteiger partial charge is 0.491 e. The molecule has 0 N–H and O–H groups in total. The van der Waals surface area contributed by atoms with Crippen molar-refractivity contribution in [2.75, 3.05) is 6.54 Å². The summed E-state index contributed by atoms with van der Waals surface area (Å²) in [7, 11) is 0. The molecule has 28 heavy (non-hydrogen) atoms. The highest BCUT2D eigenvalue weighted by Crippen LogP contribution is 2.32. The zero-order valence-electron chi connectivity index (χ0n) is 15.3. The van der Waals surface area contributed by atoms with Gasteiger partial charge in [0.15, 0.2) is 5.78 Å². The fourth-order valence-electron chi connectivity index (χ4n) is 2.57. The summed E-state index contributed by atoms with van der Waals surface area (Å²) < 4.78 is 5.59. The van der Waals surface area contributed by atoms with Crippen LogP contribution in [0.5, 0.6) is 5.75 Å². The molecule has 1 heterocycles. The van der Waals surface area contributed by atoms with E-state index in [1.165, 1.54) is 0 Å². The van der Waals surface area contributed by atoms with E-state index in [9.17, 15) is 14.4 Å². The SMILES string of the molecule is CC(C)Oc1ccc(/C=C2\SC(=O)N(CC(=O)c3ccc(Cl)cc3)C2=O)cc1. The molecule has 1 aliphatic rings. The maximum Gasteiger partial charge on any atom is 0.293 e. The number of carbonyl (C=O) groups excluding carboxylic acids is 3. The number of nitrogens with zero attached hydrogens (tertiary/aromatic N) is 1. The fraction of sp³-hybridized carbons (Fsp3) is 0.190. The van der Waals surface area contributed by atoms with E-state index >= 15 is 0 Å². The van der Waals surface area contributed by atoms with Gasteiger partial charge >= 0.3 is 0 Å². The van der Waals surface area contributed by atoms with Crippen LogP contribution in [0.1, 0.15) is 29.8 Å². The first kappa shape index (κ1) is 20.2. The van der Waals surface area contributed by atoms with Crippen molar-refractivity contribution in [3.8, 4) is 5.75 Å². The number of ketones is 1. The maximum absolute atomic E-state index is 12.6. The molecular formula is C21H18ClNO4S. The Balaban J connectivity index is 1.71. The summed E-state index contributed by atoms with van der Waals surface area (Å²) in [6.45, 7) is 3.58. The lowest BCUT2D eigenvalue weighted by Crippen LogP contribution is -2.33. The van der Waals surface area contributed by atoms with Gasteiger partial charge < -0.3 is 4.74 Å². The van der Waals surface area contributed by atoms with Crippen molar-refractivity contribution in [2.45, 2.75) is 20.0 Å². The van der Waals surface area contributed by atoms with Gasteiger partial charge in [0.25, 0.3) is 11.1 Å². The Morgan fingerprint density at radius 3 is 2.36 bits per heavy atom. The average Bonchev–Trinajstić information content (AvgIpc) is 2.91. The lowest BCUT2D eigenvalue weighted by molar-refractivity contribution is -0.122. The molecule has 0 radical (unpaired) electrons. The number of carbonyl (C=O) groups is 3. The summed E-state index contributed by atoms with van der Waals surface area (Å²) in [6, 6.07) is 13.6. The van der Waals surface area contributed by atoms with Crippen LogP contribution in [0.4, 0.5) is 4.79 Å². The molecule has 2 amide bonds. The third-order valence-corrected chi connectivity index (χ3v) is 5.05. The molecule has 144 valence electrons. The second-order valence-electron chi connectivity index (χ2n) is 6.43. The monoisotopic (exact) mass is 415 g/mol. The van der Waals surface area contributed by atoms with Gasteiger partial charge in [-0.2, -0.15) is 0 Å². The number of benzene rings is 2. The highest BCUT2D eigenvalue weighted by molar-refractivity contribution is 8.18. The van der Waals surface area contributed by atoms with Crippen molar-refractivity contribution in [3.05, 3.63) is 69.6 Å². The third kappa shape index (κ3) is 4.82. The Bertz CT molecular complexity index is 936. The summed E-state index contributed by atoms with van der Waals surface area (Å²) in [5, 5.41) is 0.0498. The molecule has 0 unspecified atom stereocenters. The van der Waals surface area contributed by atoms with E-state index in [1.807, 2.05) is 26.0 Å². The number of rotatable bonds is 6. The van der Waals surface area contributed by atoms with Gasteiger partial charge in [0, 0.05) is 10.6 Å². The van der Waals surface area contributed by atoms with E-state index in [4.69, 9.17) is 16.3 Å². The van der Waals surface area contributed by atoms with Crippen LogP contribution in [0.2, 0.25) is 5.02 Å². The van der Waals surface area contributed by atoms with Crippen molar-refractivity contribution in [3.63, 3.8) is 0 Å². The zero-order valence-corrected chi connectivity index (χ0v) is 16.9. The number of amides is 2. The molecule has 3 rings (SSSR count). The molecule has 0 aliphatic carbocycles. The molecule has 1 fully saturated rings. The van der Waals surface area contributed by atoms with Gasteiger partial charge in [-0.05, 0) is 73.6 Å². The Morgan fingerprint density at radius 1 is 1.11 bits per heavy atom. The molecule has 0 bridgehead atoms. The highest BCUT2D eigenvalue weighted by atomic mass is 35.5. The van der Waals surface area contributed by atoms with Crippen LogP contribution in [0, 0.1) is 0 Å². The topological polar surface area (TPSA) is 63.7 Å². The first-order chi connectivity index (χ1) is 13.3. The lowest BCUT2D eigenvalue weighted by Gasteiger charge is -2.11. The van der Waals surface area contributed by atoms with Crippen molar-refractivity contribution < 1.29 is 19.1 Å². The summed E-state index contributed by atoms with van der Waals surface area (Å²) in [4.78, 5) is 38.4. The van der Waals surface area contributed by atoms with Crippen LogP contribution in [-0.2, 0) is 4.79 Å². The van der Waals surface area contributed by atoms with Gasteiger partial charge in [-0.15, -0.1) is 0 Å². The van der Waals surface area contributed by atoms with E-state index in [2.05, 4.69) is 0 Å². The zero-order chi connectivity index (χ0) is 20.3. The van der Waals surface area contributed by atoms with Gasteiger partial charge in [0.2, 0.25) is 0 Å². The Morgan fingerprint density at radius 2 is 1.75 bits per heavy atom. The number of imide groups is 1. The van der Waals surface area contributed by atoms with E-state index in [-0.39, 0.29) is 23.3 Å². The number of hydrogen-bond acceptors (Lipinski definition) is 5. The summed E-state index contributed by atoms with van der Waals surface area (Å²) in [6.07, 6.45) is 1.71. The molecular weight excluding hydrogens is 398 g/mol. The molecule has 1 aliphatic heterocycles. The van der Waals surface area contributed by atoms with Gasteiger partial charge in [0.05, 0.1) is 17.6 Å². The smallest absolute Gasteiger partial charge is 0.293 e. The minimum atomic E-state index is -0.472. The maximum atomic E-state index is 12.6. The molecule has 0 saturated carbocycles. The first-order valence-electron chi connectivity index (χ1n) is 8.64. The second kappa shape index (κ2) is 8.63. The fourth-order valence-corrected chi connectivity index (χ4v) is 3.54. The Labute approximate surface area is 172 Å². The summed E-state index contributed by atoms with van der Waals surface area (Å²) >= 11 is 6.64. The number of Topliss-reactive ketones (excluding diaryl/α,β-unsaturated/α-hetero) is 1. The normalized spacial score (nSPS) is 15.6. The average molecular weight is 416 g/mol. The van der Waals surface area contributed by atoms with Gasteiger partial charge in [-0.1, -0.05) is 23.7 Å². The highest BCUT2D eigenvalue weighted by Gasteiger charge is 2.36. The number of ether oxygens (including phenoxy) is 1. The molecule has 0 spiro atoms. The number of halogens is 1. The molecule has 0 aromatic heterocycles. The second-order valence-corrected chi connectivity index (χ2v) is 7.86. The molecule has 7 heteroatoms. The minimum Gasteiger partial charge on any atom is -0.491 e. The minimum absolute atomic E-state index is 0.0699. The Hall–Kier alpha value is -2.57. The molecule has 2 aromatic rings. The summed E-state index contributed by atoms with van der Waals surface area (Å²) in [5.74, 6) is -0.0657. The van der Waals surface area contributed by atoms with Crippen molar-refractivity contribution in [1.29, 1.82) is 0 Å².